The van der Waals surface area contributed by atoms with Crippen molar-refractivity contribution < 1.29 is 18.1 Å². The van der Waals surface area contributed by atoms with Gasteiger partial charge < -0.3 is 9.84 Å². The zero-order valence-corrected chi connectivity index (χ0v) is 14.1. The summed E-state index contributed by atoms with van der Waals surface area (Å²) in [6.45, 7) is 1.59. The van der Waals surface area contributed by atoms with Gasteiger partial charge in [-0.25, -0.2) is 8.78 Å². The third-order valence-corrected chi connectivity index (χ3v) is 4.71. The van der Waals surface area contributed by atoms with Crippen molar-refractivity contribution in [1.29, 1.82) is 0 Å². The number of hydrogen-bond acceptors (Lipinski definition) is 4. The van der Waals surface area contributed by atoms with Crippen LogP contribution in [0.3, 0.4) is 0 Å². The SMILES string of the molecule is Cc1onc(-c2ccc(Br)s2)c1C(=O)Nc1ccc(F)cc1F. The Morgan fingerprint density at radius 3 is 2.74 bits per heavy atom. The molecule has 2 aromatic heterocycles. The number of anilines is 1. The van der Waals surface area contributed by atoms with Crippen LogP contribution in [0.25, 0.3) is 10.6 Å². The van der Waals surface area contributed by atoms with Crippen molar-refractivity contribution in [3.05, 3.63) is 57.1 Å². The summed E-state index contributed by atoms with van der Waals surface area (Å²) in [5, 5.41) is 6.31. The fourth-order valence-electron chi connectivity index (χ4n) is 2.02. The maximum Gasteiger partial charge on any atom is 0.261 e. The Morgan fingerprint density at radius 2 is 2.09 bits per heavy atom. The van der Waals surface area contributed by atoms with Gasteiger partial charge in [-0.3, -0.25) is 4.79 Å². The Bertz CT molecular complexity index is 891. The molecule has 0 aliphatic heterocycles. The number of amides is 1. The third kappa shape index (κ3) is 3.18. The Labute approximate surface area is 142 Å². The first-order valence-electron chi connectivity index (χ1n) is 6.44. The Balaban J connectivity index is 1.95. The first kappa shape index (κ1) is 15.8. The Morgan fingerprint density at radius 1 is 1.30 bits per heavy atom. The van der Waals surface area contributed by atoms with Crippen LogP contribution >= 0.6 is 27.3 Å². The van der Waals surface area contributed by atoms with Gasteiger partial charge >= 0.3 is 0 Å². The van der Waals surface area contributed by atoms with Gasteiger partial charge in [0, 0.05) is 6.07 Å². The van der Waals surface area contributed by atoms with E-state index in [1.165, 1.54) is 11.3 Å². The predicted molar refractivity (Wildman–Crippen MR) is 86.6 cm³/mol. The third-order valence-electron chi connectivity index (χ3n) is 3.08. The fourth-order valence-corrected chi connectivity index (χ4v) is 3.40. The number of nitrogens with one attached hydrogen (secondary N) is 1. The quantitative estimate of drug-likeness (QED) is 0.674. The number of carbonyl (C=O) groups is 1. The summed E-state index contributed by atoms with van der Waals surface area (Å²) in [4.78, 5) is 13.2. The molecule has 0 fully saturated rings. The molecule has 3 aromatic rings. The van der Waals surface area contributed by atoms with E-state index in [1.54, 1.807) is 13.0 Å². The standard InChI is InChI=1S/C15H9BrF2N2O2S/c1-7-13(14(20-22-7)11-4-5-12(16)23-11)15(21)19-10-3-2-8(17)6-9(10)18/h2-6H,1H3,(H,19,21). The van der Waals surface area contributed by atoms with E-state index in [-0.39, 0.29) is 11.3 Å². The van der Waals surface area contributed by atoms with Crippen molar-refractivity contribution >= 4 is 38.9 Å². The number of carbonyl (C=O) groups excluding carboxylic acids is 1. The van der Waals surface area contributed by atoms with Gasteiger partial charge in [0.15, 0.2) is 0 Å². The summed E-state index contributed by atoms with van der Waals surface area (Å²) < 4.78 is 32.6. The van der Waals surface area contributed by atoms with E-state index in [4.69, 9.17) is 4.52 Å². The zero-order valence-electron chi connectivity index (χ0n) is 11.7. The molecule has 0 saturated carbocycles. The average molecular weight is 399 g/mol. The zero-order chi connectivity index (χ0) is 16.6. The van der Waals surface area contributed by atoms with E-state index in [9.17, 15) is 13.6 Å². The van der Waals surface area contributed by atoms with Crippen LogP contribution in [-0.4, -0.2) is 11.1 Å². The van der Waals surface area contributed by atoms with Gasteiger partial charge in [0.1, 0.15) is 28.7 Å². The first-order chi connectivity index (χ1) is 11.0. The lowest BCUT2D eigenvalue weighted by atomic mass is 10.1. The highest BCUT2D eigenvalue weighted by atomic mass is 79.9. The number of hydrogen-bond donors (Lipinski definition) is 1. The predicted octanol–water partition coefficient (Wildman–Crippen LogP) is 5.00. The molecule has 1 N–H and O–H groups in total. The molecule has 0 unspecified atom stereocenters. The van der Waals surface area contributed by atoms with Crippen molar-refractivity contribution in [2.24, 2.45) is 0 Å². The minimum atomic E-state index is -0.854. The monoisotopic (exact) mass is 398 g/mol. The van der Waals surface area contributed by atoms with Crippen molar-refractivity contribution in [3.8, 4) is 10.6 Å². The molecule has 8 heteroatoms. The molecular formula is C15H9BrF2N2O2S. The van der Waals surface area contributed by atoms with Crippen LogP contribution in [0.1, 0.15) is 16.1 Å². The molecule has 23 heavy (non-hydrogen) atoms. The number of aromatic nitrogens is 1. The number of aryl methyl sites for hydroxylation is 1. The Hall–Kier alpha value is -2.06. The second-order valence-corrected chi connectivity index (χ2v) is 7.11. The van der Waals surface area contributed by atoms with Gasteiger partial charge in [-0.05, 0) is 47.1 Å². The minimum Gasteiger partial charge on any atom is -0.360 e. The van der Waals surface area contributed by atoms with Crippen LogP contribution in [0.5, 0.6) is 0 Å². The highest BCUT2D eigenvalue weighted by Gasteiger charge is 2.23. The molecule has 1 aromatic carbocycles. The summed E-state index contributed by atoms with van der Waals surface area (Å²) in [5.41, 5.74) is 0.469. The summed E-state index contributed by atoms with van der Waals surface area (Å²) in [5.74, 6) is -1.84. The van der Waals surface area contributed by atoms with Crippen molar-refractivity contribution in [2.45, 2.75) is 6.92 Å². The molecule has 4 nitrogen and oxygen atoms in total. The molecule has 0 aliphatic rings. The lowest BCUT2D eigenvalue weighted by molar-refractivity contribution is 0.102. The van der Waals surface area contributed by atoms with Crippen LogP contribution < -0.4 is 5.32 Å². The van der Waals surface area contributed by atoms with Gasteiger partial charge in [0.05, 0.1) is 14.4 Å². The maximum atomic E-state index is 13.7. The molecule has 0 atom stereocenters. The van der Waals surface area contributed by atoms with E-state index in [1.807, 2.05) is 6.07 Å². The molecule has 0 saturated heterocycles. The van der Waals surface area contributed by atoms with Gasteiger partial charge in [-0.1, -0.05) is 5.16 Å². The van der Waals surface area contributed by atoms with Crippen molar-refractivity contribution in [2.75, 3.05) is 5.32 Å². The Kier molecular flexibility index (Phi) is 4.27. The molecule has 118 valence electrons. The smallest absolute Gasteiger partial charge is 0.261 e. The van der Waals surface area contributed by atoms with Crippen molar-refractivity contribution in [3.63, 3.8) is 0 Å². The van der Waals surface area contributed by atoms with Gasteiger partial charge in [0.2, 0.25) is 0 Å². The largest absolute Gasteiger partial charge is 0.360 e. The molecular weight excluding hydrogens is 390 g/mol. The van der Waals surface area contributed by atoms with Gasteiger partial charge in [0.25, 0.3) is 5.91 Å². The lowest BCUT2D eigenvalue weighted by Gasteiger charge is -2.06. The van der Waals surface area contributed by atoms with Gasteiger partial charge in [-0.2, -0.15) is 0 Å². The lowest BCUT2D eigenvalue weighted by Crippen LogP contribution is -2.14. The van der Waals surface area contributed by atoms with Crippen LogP contribution in [0.4, 0.5) is 14.5 Å². The second-order valence-electron chi connectivity index (χ2n) is 4.64. The molecule has 0 aliphatic carbocycles. The normalized spacial score (nSPS) is 10.8. The van der Waals surface area contributed by atoms with E-state index in [0.29, 0.717) is 17.5 Å². The number of halogens is 3. The number of thiophene rings is 1. The average Bonchev–Trinajstić information content (AvgIpc) is 3.07. The van der Waals surface area contributed by atoms with E-state index in [2.05, 4.69) is 26.4 Å². The summed E-state index contributed by atoms with van der Waals surface area (Å²) in [6, 6.07) is 6.54. The number of rotatable bonds is 3. The molecule has 0 spiro atoms. The molecule has 0 radical (unpaired) electrons. The molecule has 1 amide bonds. The topological polar surface area (TPSA) is 55.1 Å². The summed E-state index contributed by atoms with van der Waals surface area (Å²) in [6.07, 6.45) is 0. The number of nitrogens with zero attached hydrogens (tertiary/aromatic N) is 1. The highest BCUT2D eigenvalue weighted by Crippen LogP contribution is 2.34. The van der Waals surface area contributed by atoms with Crippen LogP contribution in [0, 0.1) is 18.6 Å². The van der Waals surface area contributed by atoms with Crippen molar-refractivity contribution in [1.82, 2.24) is 5.16 Å². The summed E-state index contributed by atoms with van der Waals surface area (Å²) >= 11 is 4.73. The van der Waals surface area contributed by atoms with Crippen LogP contribution in [0.15, 0.2) is 38.6 Å². The molecule has 0 bridgehead atoms. The van der Waals surface area contributed by atoms with E-state index in [0.717, 1.165) is 20.8 Å². The van der Waals surface area contributed by atoms with Crippen LogP contribution in [0.2, 0.25) is 0 Å². The highest BCUT2D eigenvalue weighted by molar-refractivity contribution is 9.11. The minimum absolute atomic E-state index is 0.115. The number of benzene rings is 1. The molecule has 3 rings (SSSR count). The maximum absolute atomic E-state index is 13.7. The van der Waals surface area contributed by atoms with E-state index < -0.39 is 17.5 Å². The van der Waals surface area contributed by atoms with Crippen LogP contribution in [-0.2, 0) is 0 Å². The second kappa shape index (κ2) is 6.21. The summed E-state index contributed by atoms with van der Waals surface area (Å²) in [7, 11) is 0. The first-order valence-corrected chi connectivity index (χ1v) is 8.05. The fraction of sp³-hybridized carbons (Fsp3) is 0.0667. The van der Waals surface area contributed by atoms with Gasteiger partial charge in [-0.15, -0.1) is 11.3 Å². The van der Waals surface area contributed by atoms with E-state index >= 15 is 0 Å². The molecule has 2 heterocycles.